The van der Waals surface area contributed by atoms with Crippen molar-refractivity contribution in [3.8, 4) is 34.0 Å². The summed E-state index contributed by atoms with van der Waals surface area (Å²) in [6.07, 6.45) is -1.08. The number of carbonyl (C=O) groups is 2. The molecule has 5 aromatic rings. The van der Waals surface area contributed by atoms with Crippen LogP contribution in [0.5, 0.6) is 11.5 Å². The first-order valence-electron chi connectivity index (χ1n) is 13.5. The second-order valence-electron chi connectivity index (χ2n) is 9.96. The topological polar surface area (TPSA) is 99.6 Å². The number of rotatable bonds is 8. The number of fused-ring (bicyclic) bond motifs is 1. The Bertz CT molecular complexity index is 1770. The molecule has 0 aliphatic heterocycles. The second-order valence-corrected chi connectivity index (χ2v) is 9.96. The highest BCUT2D eigenvalue weighted by Crippen LogP contribution is 2.32. The number of aromatic nitrogens is 2. The predicted octanol–water partition coefficient (Wildman–Crippen LogP) is 6.78. The number of carbonyl (C=O) groups excluding carboxylic acids is 2. The molecular formula is C34H31N3O5. The summed E-state index contributed by atoms with van der Waals surface area (Å²) in [5.74, 6) is -0.174. The lowest BCUT2D eigenvalue weighted by Crippen LogP contribution is -2.30. The molecule has 0 spiro atoms. The molecule has 0 saturated carbocycles. The molecule has 1 amide bonds. The van der Waals surface area contributed by atoms with Crippen molar-refractivity contribution in [2.75, 3.05) is 19.5 Å². The number of hydrogen-bond donors (Lipinski definition) is 1. The predicted molar refractivity (Wildman–Crippen MR) is 163 cm³/mol. The summed E-state index contributed by atoms with van der Waals surface area (Å²) in [5, 5.41) is 2.73. The fraction of sp³-hybridized carbons (Fsp3) is 0.176. The zero-order valence-electron chi connectivity index (χ0n) is 24.1. The minimum absolute atomic E-state index is 0.258. The van der Waals surface area contributed by atoms with Crippen molar-refractivity contribution in [1.29, 1.82) is 0 Å². The summed E-state index contributed by atoms with van der Waals surface area (Å²) in [6.45, 7) is 5.57. The van der Waals surface area contributed by atoms with Crippen molar-refractivity contribution in [1.82, 2.24) is 9.97 Å². The number of amides is 1. The Labute approximate surface area is 244 Å². The molecule has 0 aliphatic rings. The van der Waals surface area contributed by atoms with Crippen LogP contribution in [0, 0.1) is 13.8 Å². The van der Waals surface area contributed by atoms with E-state index in [0.29, 0.717) is 33.9 Å². The largest absolute Gasteiger partial charge is 0.497 e. The van der Waals surface area contributed by atoms with Gasteiger partial charge in [-0.3, -0.25) is 4.79 Å². The standard InChI is InChI=1S/C34H31N3O5/c1-20-6-10-23(11-7-20)31-32(24-12-8-21(2)9-13-24)36-28-18-25(14-16-27(28)35-31)34(39)42-22(3)33(38)37-29-19-26(40-4)15-17-30(29)41-5/h6-19,22H,1-5H3,(H,37,38). The lowest BCUT2D eigenvalue weighted by molar-refractivity contribution is -0.123. The Balaban J connectivity index is 1.42. The van der Waals surface area contributed by atoms with Crippen molar-refractivity contribution >= 4 is 28.6 Å². The van der Waals surface area contributed by atoms with E-state index in [1.807, 2.05) is 62.4 Å². The van der Waals surface area contributed by atoms with Gasteiger partial charge in [-0.2, -0.15) is 0 Å². The number of ether oxygens (including phenoxy) is 3. The number of nitrogens with zero attached hydrogens (tertiary/aromatic N) is 2. The first-order valence-corrected chi connectivity index (χ1v) is 13.5. The third-order valence-electron chi connectivity index (χ3n) is 6.87. The van der Waals surface area contributed by atoms with Crippen molar-refractivity contribution < 1.29 is 23.8 Å². The first kappa shape index (κ1) is 28.3. The molecular weight excluding hydrogens is 530 g/mol. The molecule has 42 heavy (non-hydrogen) atoms. The summed E-state index contributed by atoms with van der Waals surface area (Å²) < 4.78 is 16.1. The van der Waals surface area contributed by atoms with Gasteiger partial charge in [0.1, 0.15) is 11.5 Å². The number of methoxy groups -OCH3 is 2. The van der Waals surface area contributed by atoms with Crippen LogP contribution in [0.25, 0.3) is 33.5 Å². The van der Waals surface area contributed by atoms with E-state index in [1.54, 1.807) is 36.4 Å². The maximum absolute atomic E-state index is 13.1. The van der Waals surface area contributed by atoms with Gasteiger partial charge in [0.05, 0.1) is 47.9 Å². The molecule has 8 nitrogen and oxygen atoms in total. The average Bonchev–Trinajstić information content (AvgIpc) is 3.00. The average molecular weight is 562 g/mol. The highest BCUT2D eigenvalue weighted by molar-refractivity contribution is 5.99. The van der Waals surface area contributed by atoms with Crippen LogP contribution in [0.3, 0.4) is 0 Å². The fourth-order valence-electron chi connectivity index (χ4n) is 4.43. The van der Waals surface area contributed by atoms with Crippen LogP contribution >= 0.6 is 0 Å². The third-order valence-corrected chi connectivity index (χ3v) is 6.87. The maximum Gasteiger partial charge on any atom is 0.338 e. The van der Waals surface area contributed by atoms with Gasteiger partial charge in [0.15, 0.2) is 6.10 Å². The SMILES string of the molecule is COc1ccc(OC)c(NC(=O)C(C)OC(=O)c2ccc3nc(-c4ccc(C)cc4)c(-c4ccc(C)cc4)nc3c2)c1. The minimum Gasteiger partial charge on any atom is -0.497 e. The van der Waals surface area contributed by atoms with Gasteiger partial charge in [-0.1, -0.05) is 59.7 Å². The lowest BCUT2D eigenvalue weighted by atomic mass is 10.0. The van der Waals surface area contributed by atoms with Crippen LogP contribution in [0.4, 0.5) is 5.69 Å². The molecule has 1 unspecified atom stereocenters. The summed E-state index contributed by atoms with van der Waals surface area (Å²) in [7, 11) is 3.02. The van der Waals surface area contributed by atoms with Crippen molar-refractivity contribution in [2.24, 2.45) is 0 Å². The Morgan fingerprint density at radius 2 is 1.31 bits per heavy atom. The van der Waals surface area contributed by atoms with E-state index in [4.69, 9.17) is 24.2 Å². The van der Waals surface area contributed by atoms with Crippen molar-refractivity contribution in [3.63, 3.8) is 0 Å². The molecule has 0 bridgehead atoms. The van der Waals surface area contributed by atoms with Crippen LogP contribution in [0.15, 0.2) is 84.9 Å². The third kappa shape index (κ3) is 6.07. The molecule has 1 N–H and O–H groups in total. The van der Waals surface area contributed by atoms with Gasteiger partial charge in [-0.15, -0.1) is 0 Å². The monoisotopic (exact) mass is 561 g/mol. The first-order chi connectivity index (χ1) is 20.2. The van der Waals surface area contributed by atoms with E-state index in [0.717, 1.165) is 27.9 Å². The molecule has 1 heterocycles. The molecule has 8 heteroatoms. The van der Waals surface area contributed by atoms with Crippen LogP contribution in [0.1, 0.15) is 28.4 Å². The van der Waals surface area contributed by atoms with Crippen LogP contribution in [0.2, 0.25) is 0 Å². The van der Waals surface area contributed by atoms with E-state index < -0.39 is 18.0 Å². The van der Waals surface area contributed by atoms with Gasteiger partial charge >= 0.3 is 5.97 Å². The van der Waals surface area contributed by atoms with E-state index in [9.17, 15) is 9.59 Å². The Hall–Kier alpha value is -5.24. The van der Waals surface area contributed by atoms with Gasteiger partial charge < -0.3 is 19.5 Å². The molecule has 0 saturated heterocycles. The second kappa shape index (κ2) is 12.1. The number of esters is 1. The summed E-state index contributed by atoms with van der Waals surface area (Å²) in [4.78, 5) is 35.9. The molecule has 0 radical (unpaired) electrons. The molecule has 212 valence electrons. The van der Waals surface area contributed by atoms with Gasteiger partial charge in [-0.05, 0) is 51.1 Å². The number of hydrogen-bond acceptors (Lipinski definition) is 7. The number of aryl methyl sites for hydroxylation is 2. The van der Waals surface area contributed by atoms with E-state index >= 15 is 0 Å². The van der Waals surface area contributed by atoms with Crippen LogP contribution in [-0.4, -0.2) is 42.2 Å². The zero-order valence-corrected chi connectivity index (χ0v) is 24.1. The molecule has 5 rings (SSSR count). The van der Waals surface area contributed by atoms with E-state index in [2.05, 4.69) is 5.32 Å². The summed E-state index contributed by atoms with van der Waals surface area (Å²) in [6, 6.07) is 26.2. The number of nitrogens with one attached hydrogen (secondary N) is 1. The zero-order chi connectivity index (χ0) is 29.8. The summed E-state index contributed by atoms with van der Waals surface area (Å²) in [5.41, 5.74) is 7.43. The molecule has 1 aromatic heterocycles. The van der Waals surface area contributed by atoms with Gasteiger partial charge in [-0.25, -0.2) is 14.8 Å². The Kier molecular flexibility index (Phi) is 8.15. The minimum atomic E-state index is -1.08. The fourth-order valence-corrected chi connectivity index (χ4v) is 4.43. The van der Waals surface area contributed by atoms with Crippen LogP contribution < -0.4 is 14.8 Å². The quantitative estimate of drug-likeness (QED) is 0.208. The van der Waals surface area contributed by atoms with Gasteiger partial charge in [0.25, 0.3) is 5.91 Å². The van der Waals surface area contributed by atoms with Crippen molar-refractivity contribution in [2.45, 2.75) is 26.9 Å². The normalized spacial score (nSPS) is 11.5. The molecule has 1 atom stereocenters. The van der Waals surface area contributed by atoms with E-state index in [1.165, 1.54) is 21.1 Å². The summed E-state index contributed by atoms with van der Waals surface area (Å²) >= 11 is 0. The molecule has 4 aromatic carbocycles. The highest BCUT2D eigenvalue weighted by Gasteiger charge is 2.22. The maximum atomic E-state index is 13.1. The smallest absolute Gasteiger partial charge is 0.338 e. The molecule has 0 aliphatic carbocycles. The Morgan fingerprint density at radius 3 is 1.88 bits per heavy atom. The van der Waals surface area contributed by atoms with Gasteiger partial charge in [0, 0.05) is 17.2 Å². The lowest BCUT2D eigenvalue weighted by Gasteiger charge is -2.16. The number of anilines is 1. The molecule has 0 fully saturated rings. The van der Waals surface area contributed by atoms with E-state index in [-0.39, 0.29) is 5.56 Å². The van der Waals surface area contributed by atoms with Crippen LogP contribution in [-0.2, 0) is 9.53 Å². The van der Waals surface area contributed by atoms with Gasteiger partial charge in [0.2, 0.25) is 0 Å². The number of benzene rings is 4. The highest BCUT2D eigenvalue weighted by atomic mass is 16.5. The Morgan fingerprint density at radius 1 is 0.714 bits per heavy atom. The van der Waals surface area contributed by atoms with Crippen molar-refractivity contribution in [3.05, 3.63) is 102 Å².